The average Bonchev–Trinajstić information content (AvgIpc) is 3.05. The number of nitrogens with one attached hydrogen (secondary N) is 1. The minimum atomic E-state index is -0.394. The van der Waals surface area contributed by atoms with E-state index in [4.69, 9.17) is 5.73 Å². The summed E-state index contributed by atoms with van der Waals surface area (Å²) in [5.74, 6) is 0.104. The summed E-state index contributed by atoms with van der Waals surface area (Å²) in [7, 11) is 0. The Kier molecular flexibility index (Phi) is 4.06. The van der Waals surface area contributed by atoms with Crippen LogP contribution in [-0.2, 0) is 4.79 Å². The summed E-state index contributed by atoms with van der Waals surface area (Å²) >= 11 is 1.86. The van der Waals surface area contributed by atoms with Crippen molar-refractivity contribution in [2.24, 2.45) is 11.1 Å². The van der Waals surface area contributed by atoms with Gasteiger partial charge in [-0.3, -0.25) is 4.79 Å². The molecule has 3 nitrogen and oxygen atoms in total. The maximum Gasteiger partial charge on any atom is 0.227 e. The van der Waals surface area contributed by atoms with Gasteiger partial charge in [0.05, 0.1) is 5.41 Å². The lowest BCUT2D eigenvalue weighted by Crippen LogP contribution is -2.45. The molecule has 0 bridgehead atoms. The highest BCUT2D eigenvalue weighted by Crippen LogP contribution is 2.46. The van der Waals surface area contributed by atoms with E-state index in [1.165, 1.54) is 12.8 Å². The van der Waals surface area contributed by atoms with Crippen LogP contribution in [0.1, 0.15) is 33.1 Å². The Morgan fingerprint density at radius 2 is 2.20 bits per heavy atom. The second-order valence-electron chi connectivity index (χ2n) is 4.69. The number of amides is 1. The first-order valence-electron chi connectivity index (χ1n) is 5.55. The van der Waals surface area contributed by atoms with Crippen LogP contribution in [0.5, 0.6) is 0 Å². The Morgan fingerprint density at radius 1 is 1.60 bits per heavy atom. The largest absolute Gasteiger partial charge is 0.354 e. The van der Waals surface area contributed by atoms with Crippen LogP contribution in [0, 0.1) is 5.41 Å². The van der Waals surface area contributed by atoms with Crippen LogP contribution >= 0.6 is 11.8 Å². The number of hydrogen-bond acceptors (Lipinski definition) is 3. The lowest BCUT2D eigenvalue weighted by molar-refractivity contribution is -0.129. The predicted molar refractivity (Wildman–Crippen MR) is 65.9 cm³/mol. The molecular weight excluding hydrogens is 208 g/mol. The molecule has 3 N–H and O–H groups in total. The molecule has 0 aromatic heterocycles. The van der Waals surface area contributed by atoms with E-state index in [2.05, 4.69) is 11.6 Å². The van der Waals surface area contributed by atoms with Crippen molar-refractivity contribution >= 4 is 17.7 Å². The molecule has 0 heterocycles. The summed E-state index contributed by atoms with van der Waals surface area (Å²) < 4.78 is 0.332. The zero-order valence-electron chi connectivity index (χ0n) is 9.93. The molecule has 1 rings (SSSR count). The van der Waals surface area contributed by atoms with Crippen molar-refractivity contribution in [1.82, 2.24) is 5.32 Å². The van der Waals surface area contributed by atoms with Gasteiger partial charge >= 0.3 is 0 Å². The molecule has 0 radical (unpaired) electrons. The molecule has 4 heteroatoms. The number of hydrogen-bond donors (Lipinski definition) is 2. The van der Waals surface area contributed by atoms with E-state index < -0.39 is 5.41 Å². The maximum absolute atomic E-state index is 11.9. The van der Waals surface area contributed by atoms with Crippen LogP contribution in [0.4, 0.5) is 0 Å². The van der Waals surface area contributed by atoms with E-state index >= 15 is 0 Å². The predicted octanol–water partition coefficient (Wildman–Crippen LogP) is 1.37. The van der Waals surface area contributed by atoms with Crippen molar-refractivity contribution in [3.63, 3.8) is 0 Å². The molecule has 1 saturated carbocycles. The molecule has 1 aliphatic carbocycles. The third-order valence-corrected chi connectivity index (χ3v) is 5.01. The van der Waals surface area contributed by atoms with Gasteiger partial charge in [0.15, 0.2) is 0 Å². The van der Waals surface area contributed by atoms with Crippen LogP contribution in [0.15, 0.2) is 0 Å². The normalized spacial score (nSPS) is 21.9. The second kappa shape index (κ2) is 4.74. The van der Waals surface area contributed by atoms with Gasteiger partial charge in [-0.15, -0.1) is 0 Å². The van der Waals surface area contributed by atoms with Crippen LogP contribution < -0.4 is 11.1 Å². The van der Waals surface area contributed by atoms with Gasteiger partial charge in [0.1, 0.15) is 0 Å². The average molecular weight is 230 g/mol. The second-order valence-corrected chi connectivity index (χ2v) is 5.96. The van der Waals surface area contributed by atoms with Crippen LogP contribution in [-0.4, -0.2) is 30.0 Å². The van der Waals surface area contributed by atoms with Crippen molar-refractivity contribution in [1.29, 1.82) is 0 Å². The third kappa shape index (κ3) is 2.88. The van der Waals surface area contributed by atoms with Gasteiger partial charge in [-0.25, -0.2) is 0 Å². The van der Waals surface area contributed by atoms with Gasteiger partial charge in [-0.1, -0.05) is 6.92 Å². The van der Waals surface area contributed by atoms with Crippen molar-refractivity contribution in [3.05, 3.63) is 0 Å². The topological polar surface area (TPSA) is 55.1 Å². The van der Waals surface area contributed by atoms with Crippen molar-refractivity contribution < 1.29 is 4.79 Å². The summed E-state index contributed by atoms with van der Waals surface area (Å²) in [6.45, 7) is 5.15. The highest BCUT2D eigenvalue weighted by molar-refractivity contribution is 8.00. The molecule has 0 aromatic carbocycles. The highest BCUT2D eigenvalue weighted by atomic mass is 32.2. The minimum Gasteiger partial charge on any atom is -0.354 e. The molecule has 1 amide bonds. The number of carbonyl (C=O) groups excluding carboxylic acids is 1. The Bertz CT molecular complexity index is 235. The van der Waals surface area contributed by atoms with E-state index in [-0.39, 0.29) is 5.91 Å². The Labute approximate surface area is 96.6 Å². The molecule has 1 aliphatic rings. The molecule has 88 valence electrons. The fourth-order valence-electron chi connectivity index (χ4n) is 1.44. The Balaban J connectivity index is 2.41. The lowest BCUT2D eigenvalue weighted by Gasteiger charge is -2.26. The van der Waals surface area contributed by atoms with Gasteiger partial charge < -0.3 is 11.1 Å². The first kappa shape index (κ1) is 12.8. The maximum atomic E-state index is 11.9. The summed E-state index contributed by atoms with van der Waals surface area (Å²) in [6.07, 6.45) is 5.35. The summed E-state index contributed by atoms with van der Waals surface area (Å²) in [5.41, 5.74) is 5.25. The number of thioether (sulfide) groups is 1. The lowest BCUT2D eigenvalue weighted by atomic mass is 9.86. The fourth-order valence-corrected chi connectivity index (χ4v) is 2.17. The smallest absolute Gasteiger partial charge is 0.227 e. The van der Waals surface area contributed by atoms with Crippen molar-refractivity contribution in [2.45, 2.75) is 37.9 Å². The SMILES string of the molecule is CCC(C)(CN)C(=O)NCC1(SC)CC1. The van der Waals surface area contributed by atoms with Gasteiger partial charge in [-0.05, 0) is 32.4 Å². The van der Waals surface area contributed by atoms with Crippen LogP contribution in [0.3, 0.4) is 0 Å². The molecule has 0 aliphatic heterocycles. The minimum absolute atomic E-state index is 0.104. The zero-order chi connectivity index (χ0) is 11.5. The van der Waals surface area contributed by atoms with E-state index in [0.29, 0.717) is 11.3 Å². The van der Waals surface area contributed by atoms with Crippen molar-refractivity contribution in [2.75, 3.05) is 19.3 Å². The van der Waals surface area contributed by atoms with Gasteiger partial charge in [0.2, 0.25) is 5.91 Å². The molecule has 1 atom stereocenters. The zero-order valence-corrected chi connectivity index (χ0v) is 10.7. The summed E-state index contributed by atoms with van der Waals surface area (Å²) in [6, 6.07) is 0. The molecule has 15 heavy (non-hydrogen) atoms. The van der Waals surface area contributed by atoms with Gasteiger partial charge in [-0.2, -0.15) is 11.8 Å². The molecule has 0 saturated heterocycles. The third-order valence-electron chi connectivity index (χ3n) is 3.59. The fraction of sp³-hybridized carbons (Fsp3) is 0.909. The molecule has 0 spiro atoms. The van der Waals surface area contributed by atoms with Gasteiger partial charge in [0, 0.05) is 17.8 Å². The Morgan fingerprint density at radius 3 is 2.53 bits per heavy atom. The first-order chi connectivity index (χ1) is 7.02. The molecular formula is C11H22N2OS. The van der Waals surface area contributed by atoms with Crippen molar-refractivity contribution in [3.8, 4) is 0 Å². The van der Waals surface area contributed by atoms with Gasteiger partial charge in [0.25, 0.3) is 0 Å². The standard InChI is InChI=1S/C11H22N2OS/c1-4-10(2,7-12)9(14)13-8-11(15-3)5-6-11/h4-8,12H2,1-3H3,(H,13,14). The molecule has 1 fully saturated rings. The number of carbonyl (C=O) groups is 1. The number of rotatable bonds is 6. The molecule has 1 unspecified atom stereocenters. The quantitative estimate of drug-likeness (QED) is 0.724. The first-order valence-corrected chi connectivity index (χ1v) is 6.78. The van der Waals surface area contributed by atoms with Crippen LogP contribution in [0.25, 0.3) is 0 Å². The van der Waals surface area contributed by atoms with E-state index in [1.807, 2.05) is 25.6 Å². The molecule has 0 aromatic rings. The monoisotopic (exact) mass is 230 g/mol. The summed E-state index contributed by atoms with van der Waals surface area (Å²) in [5, 5.41) is 3.04. The summed E-state index contributed by atoms with van der Waals surface area (Å²) in [4.78, 5) is 11.9. The van der Waals surface area contributed by atoms with E-state index in [1.54, 1.807) is 0 Å². The Hall–Kier alpha value is -0.220. The van der Waals surface area contributed by atoms with E-state index in [0.717, 1.165) is 13.0 Å². The number of nitrogens with two attached hydrogens (primary N) is 1. The van der Waals surface area contributed by atoms with Crippen LogP contribution in [0.2, 0.25) is 0 Å². The highest BCUT2D eigenvalue weighted by Gasteiger charge is 2.43. The van der Waals surface area contributed by atoms with E-state index in [9.17, 15) is 4.79 Å².